The van der Waals surface area contributed by atoms with Crippen LogP contribution in [0.2, 0.25) is 5.02 Å². The van der Waals surface area contributed by atoms with Crippen LogP contribution >= 0.6 is 11.6 Å². The van der Waals surface area contributed by atoms with E-state index < -0.39 is 15.6 Å². The van der Waals surface area contributed by atoms with Gasteiger partial charge in [-0.1, -0.05) is 71.0 Å². The van der Waals surface area contributed by atoms with Crippen molar-refractivity contribution in [3.05, 3.63) is 81.9 Å². The molecule has 1 aliphatic rings. The van der Waals surface area contributed by atoms with Crippen LogP contribution in [0.3, 0.4) is 0 Å². The number of halogens is 1. The van der Waals surface area contributed by atoms with Gasteiger partial charge in [-0.15, -0.1) is 0 Å². The van der Waals surface area contributed by atoms with Gasteiger partial charge in [0.2, 0.25) is 10.0 Å². The summed E-state index contributed by atoms with van der Waals surface area (Å²) in [6.07, 6.45) is 6.91. The Morgan fingerprint density at radius 3 is 2.59 bits per heavy atom. The number of hydrogen-bond acceptors (Lipinski definition) is 3. The Bertz CT molecular complexity index is 1230. The first-order valence-corrected chi connectivity index (χ1v) is 13.3. The van der Waals surface area contributed by atoms with E-state index in [2.05, 4.69) is 11.8 Å². The van der Waals surface area contributed by atoms with E-state index in [-0.39, 0.29) is 18.0 Å². The number of rotatable bonds is 6. The van der Waals surface area contributed by atoms with E-state index in [1.807, 2.05) is 57.2 Å². The molecule has 0 heterocycles. The molecule has 0 spiro atoms. The molecular weight excluding hydrogens is 466 g/mol. The molecule has 0 bridgehead atoms. The number of allylic oxidation sites excluding steroid dienone is 1. The topological polar surface area (TPSA) is 57.6 Å². The van der Waals surface area contributed by atoms with Crippen LogP contribution in [0.4, 0.5) is 0 Å². The molecule has 1 unspecified atom stereocenters. The first kappa shape index (κ1) is 26.2. The lowest BCUT2D eigenvalue weighted by molar-refractivity contribution is 0.111. The number of aryl methyl sites for hydroxylation is 1. The SMILES string of the molecule is CC(C)=CCN(CC#CC1(O)CCCC/C1=C/c1cccc(Cl)c1)S(=O)(=O)c1ccc(C)cc1. The summed E-state index contributed by atoms with van der Waals surface area (Å²) >= 11 is 6.12. The molecule has 0 amide bonds. The lowest BCUT2D eigenvalue weighted by Gasteiger charge is -2.30. The monoisotopic (exact) mass is 497 g/mol. The molecular formula is C28H32ClNO3S. The Balaban J connectivity index is 1.89. The minimum absolute atomic E-state index is 0.00720. The van der Waals surface area contributed by atoms with Crippen molar-refractivity contribution in [3.8, 4) is 11.8 Å². The summed E-state index contributed by atoms with van der Waals surface area (Å²) in [6, 6.07) is 14.3. The largest absolute Gasteiger partial charge is 0.374 e. The van der Waals surface area contributed by atoms with Crippen molar-refractivity contribution in [1.29, 1.82) is 0 Å². The first-order chi connectivity index (χ1) is 16.1. The molecule has 2 aromatic carbocycles. The van der Waals surface area contributed by atoms with Crippen LogP contribution in [0.15, 0.2) is 70.6 Å². The molecule has 3 rings (SSSR count). The van der Waals surface area contributed by atoms with Crippen molar-refractivity contribution in [2.45, 2.75) is 57.0 Å². The summed E-state index contributed by atoms with van der Waals surface area (Å²) in [5.74, 6) is 6.00. The maximum absolute atomic E-state index is 13.3. The summed E-state index contributed by atoms with van der Waals surface area (Å²) in [7, 11) is -3.73. The summed E-state index contributed by atoms with van der Waals surface area (Å²) in [4.78, 5) is 0.236. The average Bonchev–Trinajstić information content (AvgIpc) is 2.78. The van der Waals surface area contributed by atoms with Gasteiger partial charge < -0.3 is 5.11 Å². The fourth-order valence-electron chi connectivity index (χ4n) is 3.86. The third kappa shape index (κ3) is 6.84. The van der Waals surface area contributed by atoms with Crippen LogP contribution in [0, 0.1) is 18.8 Å². The molecule has 1 aliphatic carbocycles. The summed E-state index contributed by atoms with van der Waals surface area (Å²) in [5, 5.41) is 12.0. The predicted molar refractivity (Wildman–Crippen MR) is 140 cm³/mol. The second-order valence-corrected chi connectivity index (χ2v) is 11.4. The molecule has 1 saturated carbocycles. The van der Waals surface area contributed by atoms with Gasteiger partial charge in [0.1, 0.15) is 5.60 Å². The zero-order valence-corrected chi connectivity index (χ0v) is 21.6. The van der Waals surface area contributed by atoms with Crippen molar-refractivity contribution in [2.24, 2.45) is 0 Å². The molecule has 0 aliphatic heterocycles. The van der Waals surface area contributed by atoms with Crippen molar-refractivity contribution in [3.63, 3.8) is 0 Å². The lowest BCUT2D eigenvalue weighted by atomic mass is 9.79. The lowest BCUT2D eigenvalue weighted by Crippen LogP contribution is -2.34. The minimum Gasteiger partial charge on any atom is -0.374 e. The van der Waals surface area contributed by atoms with E-state index in [0.29, 0.717) is 11.4 Å². The first-order valence-electron chi connectivity index (χ1n) is 11.5. The minimum atomic E-state index is -3.73. The van der Waals surface area contributed by atoms with Gasteiger partial charge in [0.05, 0.1) is 11.4 Å². The normalized spacial score (nSPS) is 19.5. The van der Waals surface area contributed by atoms with Gasteiger partial charge in [-0.2, -0.15) is 4.31 Å². The Kier molecular flexibility index (Phi) is 8.78. The van der Waals surface area contributed by atoms with E-state index in [0.717, 1.165) is 41.5 Å². The molecule has 1 fully saturated rings. The van der Waals surface area contributed by atoms with Crippen LogP contribution in [0.1, 0.15) is 50.7 Å². The summed E-state index contributed by atoms with van der Waals surface area (Å²) < 4.78 is 27.9. The second kappa shape index (κ2) is 11.4. The van der Waals surface area contributed by atoms with Gasteiger partial charge in [0, 0.05) is 11.6 Å². The summed E-state index contributed by atoms with van der Waals surface area (Å²) in [5.41, 5.74) is 2.49. The number of hydrogen-bond donors (Lipinski definition) is 1. The molecule has 180 valence electrons. The van der Waals surface area contributed by atoms with Crippen molar-refractivity contribution >= 4 is 27.7 Å². The van der Waals surface area contributed by atoms with E-state index in [4.69, 9.17) is 11.6 Å². The maximum Gasteiger partial charge on any atom is 0.244 e. The molecule has 4 nitrogen and oxygen atoms in total. The fourth-order valence-corrected chi connectivity index (χ4v) is 5.34. The second-order valence-electron chi connectivity index (χ2n) is 8.99. The third-order valence-corrected chi connectivity index (χ3v) is 7.93. The third-order valence-electron chi connectivity index (χ3n) is 5.87. The van der Waals surface area contributed by atoms with Crippen LogP contribution in [-0.2, 0) is 10.0 Å². The Morgan fingerprint density at radius 1 is 1.18 bits per heavy atom. The number of aliphatic hydroxyl groups is 1. The smallest absolute Gasteiger partial charge is 0.244 e. The van der Waals surface area contributed by atoms with Crippen LogP contribution in [0.5, 0.6) is 0 Å². The van der Waals surface area contributed by atoms with Crippen molar-refractivity contribution < 1.29 is 13.5 Å². The molecule has 0 aromatic heterocycles. The molecule has 0 saturated heterocycles. The van der Waals surface area contributed by atoms with Crippen molar-refractivity contribution in [1.82, 2.24) is 4.31 Å². The Hall–Kier alpha value is -2.36. The van der Waals surface area contributed by atoms with E-state index in [1.54, 1.807) is 24.3 Å². The standard InChI is InChI=1S/C28H32ClNO3S/c1-22(2)15-19-30(34(32,33)27-13-11-23(3)12-14-27)18-7-17-28(31)16-5-4-9-25(28)20-24-8-6-10-26(29)21-24/h6,8,10-15,20-21,31H,4-5,9,16,18-19H2,1-3H3/b25-20-. The van der Waals surface area contributed by atoms with Crippen LogP contribution in [0.25, 0.3) is 6.08 Å². The van der Waals surface area contributed by atoms with E-state index in [1.165, 1.54) is 4.31 Å². The zero-order chi connectivity index (χ0) is 24.8. The number of nitrogens with zero attached hydrogens (tertiary/aromatic N) is 1. The highest BCUT2D eigenvalue weighted by Gasteiger charge is 2.32. The van der Waals surface area contributed by atoms with Gasteiger partial charge in [0.15, 0.2) is 0 Å². The predicted octanol–water partition coefficient (Wildman–Crippen LogP) is 6.00. The Morgan fingerprint density at radius 2 is 1.91 bits per heavy atom. The van der Waals surface area contributed by atoms with Gasteiger partial charge in [-0.3, -0.25) is 0 Å². The fraction of sp³-hybridized carbons (Fsp3) is 0.357. The molecule has 1 N–H and O–H groups in total. The van der Waals surface area contributed by atoms with Crippen molar-refractivity contribution in [2.75, 3.05) is 13.1 Å². The van der Waals surface area contributed by atoms with Gasteiger partial charge in [0.25, 0.3) is 0 Å². The zero-order valence-electron chi connectivity index (χ0n) is 20.0. The summed E-state index contributed by atoms with van der Waals surface area (Å²) in [6.45, 7) is 5.99. The van der Waals surface area contributed by atoms with E-state index in [9.17, 15) is 13.5 Å². The van der Waals surface area contributed by atoms with E-state index >= 15 is 0 Å². The number of sulfonamides is 1. The molecule has 0 radical (unpaired) electrons. The van der Waals surface area contributed by atoms with Crippen LogP contribution < -0.4 is 0 Å². The highest BCUT2D eigenvalue weighted by atomic mass is 35.5. The highest BCUT2D eigenvalue weighted by molar-refractivity contribution is 7.89. The van der Waals surface area contributed by atoms with Crippen LogP contribution in [-0.4, -0.2) is 36.5 Å². The molecule has 2 aromatic rings. The average molecular weight is 498 g/mol. The quantitative estimate of drug-likeness (QED) is 0.393. The highest BCUT2D eigenvalue weighted by Crippen LogP contribution is 2.34. The van der Waals surface area contributed by atoms with Gasteiger partial charge in [-0.25, -0.2) is 8.42 Å². The Labute approximate surface area is 209 Å². The number of benzene rings is 2. The van der Waals surface area contributed by atoms with Gasteiger partial charge >= 0.3 is 0 Å². The maximum atomic E-state index is 13.3. The molecule has 6 heteroatoms. The molecule has 1 atom stereocenters. The molecule has 34 heavy (non-hydrogen) atoms. The van der Waals surface area contributed by atoms with Gasteiger partial charge in [-0.05, 0) is 81.9 Å².